The highest BCUT2D eigenvalue weighted by atomic mass is 19.4. The first-order valence-electron chi connectivity index (χ1n) is 6.65. The minimum Gasteiger partial charge on any atom is -0.333 e. The Hall–Kier alpha value is -1.82. The number of likely N-dealkylation sites (N-methyl/N-ethyl adjacent to an activating group) is 1. The van der Waals surface area contributed by atoms with Crippen LogP contribution in [0.15, 0.2) is 30.6 Å². The summed E-state index contributed by atoms with van der Waals surface area (Å²) in [6, 6.07) is 5.22. The molecule has 0 fully saturated rings. The number of nitrogens with one attached hydrogen (secondary N) is 1. The number of rotatable bonds is 4. The summed E-state index contributed by atoms with van der Waals surface area (Å²) in [6.45, 7) is 4.39. The molecule has 2 aromatic rings. The summed E-state index contributed by atoms with van der Waals surface area (Å²) in [5, 5.41) is 3.07. The molecule has 114 valence electrons. The zero-order valence-corrected chi connectivity index (χ0v) is 12.2. The number of hydrogen-bond donors (Lipinski definition) is 1. The Bertz CT molecular complexity index is 617. The van der Waals surface area contributed by atoms with Crippen molar-refractivity contribution >= 4 is 0 Å². The van der Waals surface area contributed by atoms with E-state index in [-0.39, 0.29) is 6.04 Å². The molecule has 3 nitrogen and oxygen atoms in total. The Balaban J connectivity index is 2.27. The molecule has 6 heteroatoms. The van der Waals surface area contributed by atoms with E-state index in [1.54, 1.807) is 19.4 Å². The van der Waals surface area contributed by atoms with Gasteiger partial charge in [0.05, 0.1) is 23.6 Å². The molecule has 0 aliphatic carbocycles. The third kappa shape index (κ3) is 3.44. The van der Waals surface area contributed by atoms with Crippen molar-refractivity contribution in [3.05, 3.63) is 53.1 Å². The summed E-state index contributed by atoms with van der Waals surface area (Å²) < 4.78 is 40.3. The van der Waals surface area contributed by atoms with Gasteiger partial charge in [-0.25, -0.2) is 4.98 Å². The zero-order valence-electron chi connectivity index (χ0n) is 12.2. The van der Waals surface area contributed by atoms with E-state index in [9.17, 15) is 13.2 Å². The first kappa shape index (κ1) is 15.6. The molecule has 0 amide bonds. The zero-order chi connectivity index (χ0) is 15.6. The van der Waals surface area contributed by atoms with E-state index in [4.69, 9.17) is 0 Å². The fraction of sp³-hybridized carbons (Fsp3) is 0.400. The first-order chi connectivity index (χ1) is 9.82. The Morgan fingerprint density at radius 1 is 1.29 bits per heavy atom. The standard InChI is InChI=1S/C15H18F3N3/c1-10-11(2)21(9-20-10)8-14(19-3)12-5-4-6-13(7-12)15(16,17)18/h4-7,9,14,19H,8H2,1-3H3. The van der Waals surface area contributed by atoms with Gasteiger partial charge in [0, 0.05) is 12.2 Å². The van der Waals surface area contributed by atoms with Gasteiger partial charge in [0.15, 0.2) is 0 Å². The highest BCUT2D eigenvalue weighted by molar-refractivity contribution is 5.28. The van der Waals surface area contributed by atoms with Crippen molar-refractivity contribution in [3.63, 3.8) is 0 Å². The fourth-order valence-corrected chi connectivity index (χ4v) is 2.22. The average molecular weight is 297 g/mol. The summed E-state index contributed by atoms with van der Waals surface area (Å²) in [5.74, 6) is 0. The molecule has 1 unspecified atom stereocenters. The van der Waals surface area contributed by atoms with E-state index in [1.165, 1.54) is 12.1 Å². The van der Waals surface area contributed by atoms with Crippen molar-refractivity contribution in [2.45, 2.75) is 32.6 Å². The van der Waals surface area contributed by atoms with E-state index in [1.807, 2.05) is 18.4 Å². The monoisotopic (exact) mass is 297 g/mol. The average Bonchev–Trinajstić information content (AvgIpc) is 2.75. The molecule has 0 spiro atoms. The summed E-state index contributed by atoms with van der Waals surface area (Å²) in [6.07, 6.45) is -2.61. The maximum Gasteiger partial charge on any atom is 0.416 e. The quantitative estimate of drug-likeness (QED) is 0.936. The number of nitrogens with zero attached hydrogens (tertiary/aromatic N) is 2. The molecule has 1 heterocycles. The van der Waals surface area contributed by atoms with Crippen molar-refractivity contribution in [2.75, 3.05) is 7.05 Å². The van der Waals surface area contributed by atoms with Gasteiger partial charge < -0.3 is 9.88 Å². The van der Waals surface area contributed by atoms with Crippen LogP contribution in [0.3, 0.4) is 0 Å². The van der Waals surface area contributed by atoms with Gasteiger partial charge >= 0.3 is 6.18 Å². The summed E-state index contributed by atoms with van der Waals surface area (Å²) in [4.78, 5) is 4.21. The molecule has 0 aliphatic heterocycles. The van der Waals surface area contributed by atoms with Gasteiger partial charge in [-0.3, -0.25) is 0 Å². The van der Waals surface area contributed by atoms with Gasteiger partial charge in [-0.15, -0.1) is 0 Å². The smallest absolute Gasteiger partial charge is 0.333 e. The lowest BCUT2D eigenvalue weighted by Gasteiger charge is -2.19. The lowest BCUT2D eigenvalue weighted by atomic mass is 10.0. The Kier molecular flexibility index (Phi) is 4.37. The van der Waals surface area contributed by atoms with Crippen LogP contribution in [-0.4, -0.2) is 16.6 Å². The number of aromatic nitrogens is 2. The molecule has 0 bridgehead atoms. The lowest BCUT2D eigenvalue weighted by molar-refractivity contribution is -0.137. The van der Waals surface area contributed by atoms with Crippen LogP contribution in [0.2, 0.25) is 0 Å². The fourth-order valence-electron chi connectivity index (χ4n) is 2.22. The molecule has 1 aromatic carbocycles. The number of imidazole rings is 1. The van der Waals surface area contributed by atoms with Crippen LogP contribution in [0.25, 0.3) is 0 Å². The van der Waals surface area contributed by atoms with Crippen molar-refractivity contribution in [1.29, 1.82) is 0 Å². The number of halogens is 3. The molecule has 0 radical (unpaired) electrons. The van der Waals surface area contributed by atoms with Gasteiger partial charge in [0.1, 0.15) is 0 Å². The second kappa shape index (κ2) is 5.89. The van der Waals surface area contributed by atoms with Crippen molar-refractivity contribution in [2.24, 2.45) is 0 Å². The number of hydrogen-bond acceptors (Lipinski definition) is 2. The van der Waals surface area contributed by atoms with Crippen LogP contribution >= 0.6 is 0 Å². The molecule has 1 N–H and O–H groups in total. The van der Waals surface area contributed by atoms with Crippen LogP contribution in [0.5, 0.6) is 0 Å². The number of aryl methyl sites for hydroxylation is 1. The number of alkyl halides is 3. The second-order valence-electron chi connectivity index (χ2n) is 5.03. The minimum atomic E-state index is -4.32. The first-order valence-corrected chi connectivity index (χ1v) is 6.65. The third-order valence-corrected chi connectivity index (χ3v) is 3.69. The Morgan fingerprint density at radius 3 is 2.52 bits per heavy atom. The summed E-state index contributed by atoms with van der Waals surface area (Å²) >= 11 is 0. The third-order valence-electron chi connectivity index (χ3n) is 3.69. The van der Waals surface area contributed by atoms with Crippen LogP contribution in [0.4, 0.5) is 13.2 Å². The molecular weight excluding hydrogens is 279 g/mol. The summed E-state index contributed by atoms with van der Waals surface area (Å²) in [7, 11) is 1.74. The topological polar surface area (TPSA) is 29.9 Å². The van der Waals surface area contributed by atoms with Crippen molar-refractivity contribution in [1.82, 2.24) is 14.9 Å². The van der Waals surface area contributed by atoms with Gasteiger partial charge in [-0.2, -0.15) is 13.2 Å². The largest absolute Gasteiger partial charge is 0.416 e. The molecule has 0 saturated heterocycles. The molecule has 1 aromatic heterocycles. The van der Waals surface area contributed by atoms with Crippen molar-refractivity contribution < 1.29 is 13.2 Å². The van der Waals surface area contributed by atoms with Gasteiger partial charge in [-0.05, 0) is 38.6 Å². The molecule has 0 saturated carbocycles. The van der Waals surface area contributed by atoms with Gasteiger partial charge in [0.2, 0.25) is 0 Å². The highest BCUT2D eigenvalue weighted by Gasteiger charge is 2.30. The van der Waals surface area contributed by atoms with E-state index in [0.717, 1.165) is 17.5 Å². The maximum atomic E-state index is 12.8. The maximum absolute atomic E-state index is 12.8. The minimum absolute atomic E-state index is 0.209. The van der Waals surface area contributed by atoms with Gasteiger partial charge in [-0.1, -0.05) is 12.1 Å². The Morgan fingerprint density at radius 2 is 2.00 bits per heavy atom. The van der Waals surface area contributed by atoms with Crippen molar-refractivity contribution in [3.8, 4) is 0 Å². The molecule has 2 rings (SSSR count). The van der Waals surface area contributed by atoms with Crippen LogP contribution in [-0.2, 0) is 12.7 Å². The van der Waals surface area contributed by atoms with Crippen LogP contribution in [0, 0.1) is 13.8 Å². The normalized spacial score (nSPS) is 13.4. The second-order valence-corrected chi connectivity index (χ2v) is 5.03. The van der Waals surface area contributed by atoms with Crippen LogP contribution < -0.4 is 5.32 Å². The SMILES string of the molecule is CNC(Cn1cnc(C)c1C)c1cccc(C(F)(F)F)c1. The highest BCUT2D eigenvalue weighted by Crippen LogP contribution is 2.31. The van der Waals surface area contributed by atoms with E-state index in [0.29, 0.717) is 12.1 Å². The molecular formula is C15H18F3N3. The van der Waals surface area contributed by atoms with E-state index >= 15 is 0 Å². The molecule has 1 atom stereocenters. The Labute approximate surface area is 121 Å². The van der Waals surface area contributed by atoms with Gasteiger partial charge in [0.25, 0.3) is 0 Å². The van der Waals surface area contributed by atoms with E-state index < -0.39 is 11.7 Å². The van der Waals surface area contributed by atoms with E-state index in [2.05, 4.69) is 10.3 Å². The number of benzene rings is 1. The lowest BCUT2D eigenvalue weighted by Crippen LogP contribution is -2.22. The van der Waals surface area contributed by atoms with Crippen LogP contribution in [0.1, 0.15) is 28.6 Å². The molecule has 21 heavy (non-hydrogen) atoms. The predicted octanol–water partition coefficient (Wildman–Crippen LogP) is 3.48. The summed E-state index contributed by atoms with van der Waals surface area (Å²) in [5.41, 5.74) is 1.92. The molecule has 0 aliphatic rings. The predicted molar refractivity (Wildman–Crippen MR) is 74.9 cm³/mol.